The first kappa shape index (κ1) is 13.0. The van der Waals surface area contributed by atoms with Crippen molar-refractivity contribution in [1.82, 2.24) is 9.78 Å². The summed E-state index contributed by atoms with van der Waals surface area (Å²) in [6.07, 6.45) is 0.717. The number of sulfonamides is 1. The molecule has 0 fully saturated rings. The van der Waals surface area contributed by atoms with E-state index < -0.39 is 10.0 Å². The van der Waals surface area contributed by atoms with Gasteiger partial charge in [0.05, 0.1) is 11.4 Å². The molecule has 0 aliphatic carbocycles. The highest BCUT2D eigenvalue weighted by molar-refractivity contribution is 7.93. The minimum Gasteiger partial charge on any atom is -0.381 e. The molecular weight excluding hydrogens is 276 g/mol. The van der Waals surface area contributed by atoms with Crippen molar-refractivity contribution in [3.63, 3.8) is 0 Å². The van der Waals surface area contributed by atoms with Gasteiger partial charge in [-0.1, -0.05) is 18.2 Å². The van der Waals surface area contributed by atoms with Gasteiger partial charge in [0.2, 0.25) is 0 Å². The van der Waals surface area contributed by atoms with Crippen molar-refractivity contribution >= 4 is 21.5 Å². The number of hydrogen-bond donors (Lipinski definition) is 1. The van der Waals surface area contributed by atoms with E-state index >= 15 is 0 Å². The second kappa shape index (κ2) is 4.24. The van der Waals surface area contributed by atoms with Gasteiger partial charge < -0.3 is 5.73 Å². The van der Waals surface area contributed by atoms with E-state index in [-0.39, 0.29) is 10.7 Å². The highest BCUT2D eigenvalue weighted by Gasteiger charge is 2.34. The Labute approximate surface area is 117 Å². The topological polar surface area (TPSA) is 81.2 Å². The van der Waals surface area contributed by atoms with Gasteiger partial charge in [0, 0.05) is 13.6 Å². The normalized spacial score (nSPS) is 14.6. The molecule has 1 aliphatic heterocycles. The molecule has 1 aromatic heterocycles. The first-order valence-electron chi connectivity index (χ1n) is 6.32. The van der Waals surface area contributed by atoms with Crippen molar-refractivity contribution in [2.75, 3.05) is 16.6 Å². The monoisotopic (exact) mass is 292 g/mol. The number of aromatic nitrogens is 2. The van der Waals surface area contributed by atoms with E-state index in [1.165, 1.54) is 8.99 Å². The molecule has 0 atom stereocenters. The zero-order valence-corrected chi connectivity index (χ0v) is 12.2. The molecule has 0 saturated heterocycles. The zero-order chi connectivity index (χ0) is 14.5. The SMILES string of the molecule is Cc1c(S(=O)(=O)N2CCc3ccccc32)c(N)nn1C. The molecule has 0 bridgehead atoms. The molecule has 6 nitrogen and oxygen atoms in total. The van der Waals surface area contributed by atoms with Gasteiger partial charge in [0.25, 0.3) is 10.0 Å². The Morgan fingerprint density at radius 3 is 2.65 bits per heavy atom. The summed E-state index contributed by atoms with van der Waals surface area (Å²) in [6.45, 7) is 2.15. The summed E-state index contributed by atoms with van der Waals surface area (Å²) in [6, 6.07) is 7.52. The van der Waals surface area contributed by atoms with Gasteiger partial charge in [0.15, 0.2) is 10.7 Å². The molecule has 0 unspecified atom stereocenters. The fourth-order valence-electron chi connectivity index (χ4n) is 2.60. The van der Waals surface area contributed by atoms with Crippen molar-refractivity contribution in [1.29, 1.82) is 0 Å². The molecule has 7 heteroatoms. The van der Waals surface area contributed by atoms with Gasteiger partial charge in [-0.3, -0.25) is 8.99 Å². The van der Waals surface area contributed by atoms with E-state index in [1.54, 1.807) is 14.0 Å². The molecular formula is C13H16N4O2S. The van der Waals surface area contributed by atoms with Crippen LogP contribution in [0.15, 0.2) is 29.2 Å². The van der Waals surface area contributed by atoms with Crippen LogP contribution in [0.1, 0.15) is 11.3 Å². The summed E-state index contributed by atoms with van der Waals surface area (Å²) in [5, 5.41) is 3.99. The number of fused-ring (bicyclic) bond motifs is 1. The van der Waals surface area contributed by atoms with E-state index in [4.69, 9.17) is 5.73 Å². The van der Waals surface area contributed by atoms with E-state index in [0.29, 0.717) is 18.7 Å². The largest absolute Gasteiger partial charge is 0.381 e. The second-order valence-electron chi connectivity index (χ2n) is 4.88. The smallest absolute Gasteiger partial charge is 0.269 e. The van der Waals surface area contributed by atoms with Gasteiger partial charge in [-0.05, 0) is 25.0 Å². The van der Waals surface area contributed by atoms with Crippen LogP contribution in [0.25, 0.3) is 0 Å². The van der Waals surface area contributed by atoms with Crippen LogP contribution in [-0.2, 0) is 23.5 Å². The Hall–Kier alpha value is -2.02. The summed E-state index contributed by atoms with van der Waals surface area (Å²) in [5.41, 5.74) is 8.10. The number of hydrogen-bond acceptors (Lipinski definition) is 4. The molecule has 1 aromatic carbocycles. The standard InChI is InChI=1S/C13H16N4O2S/c1-9-12(13(14)15-16(9)2)20(18,19)17-8-7-10-5-3-4-6-11(10)17/h3-6H,7-8H2,1-2H3,(H2,14,15). The first-order valence-corrected chi connectivity index (χ1v) is 7.76. The summed E-state index contributed by atoms with van der Waals surface area (Å²) in [5.74, 6) is 0.0504. The predicted octanol–water partition coefficient (Wildman–Crippen LogP) is 1.06. The van der Waals surface area contributed by atoms with E-state index in [1.807, 2.05) is 24.3 Å². The molecule has 0 radical (unpaired) electrons. The number of para-hydroxylation sites is 1. The van der Waals surface area contributed by atoms with Crippen molar-refractivity contribution in [2.24, 2.45) is 7.05 Å². The Bertz CT molecular complexity index is 780. The second-order valence-corrected chi connectivity index (χ2v) is 6.68. The Kier molecular flexibility index (Phi) is 2.75. The third kappa shape index (κ3) is 1.70. The number of nitrogens with zero attached hydrogens (tertiary/aromatic N) is 3. The fourth-order valence-corrected chi connectivity index (χ4v) is 4.40. The maximum atomic E-state index is 12.8. The van der Waals surface area contributed by atoms with Gasteiger partial charge in [-0.15, -0.1) is 0 Å². The molecule has 20 heavy (non-hydrogen) atoms. The van der Waals surface area contributed by atoms with Crippen molar-refractivity contribution < 1.29 is 8.42 Å². The Morgan fingerprint density at radius 1 is 1.30 bits per heavy atom. The average molecular weight is 292 g/mol. The molecule has 2 heterocycles. The molecule has 0 spiro atoms. The summed E-state index contributed by atoms with van der Waals surface area (Å²) in [7, 11) is -1.98. The molecule has 2 N–H and O–H groups in total. The minimum absolute atomic E-state index is 0.0504. The number of benzene rings is 1. The van der Waals surface area contributed by atoms with Crippen LogP contribution in [-0.4, -0.2) is 24.7 Å². The highest BCUT2D eigenvalue weighted by atomic mass is 32.2. The van der Waals surface area contributed by atoms with Crippen LogP contribution in [0.5, 0.6) is 0 Å². The lowest BCUT2D eigenvalue weighted by atomic mass is 10.2. The molecule has 2 aromatic rings. The van der Waals surface area contributed by atoms with Crippen LogP contribution in [0.4, 0.5) is 11.5 Å². The number of rotatable bonds is 2. The maximum absolute atomic E-state index is 12.8. The van der Waals surface area contributed by atoms with E-state index in [0.717, 1.165) is 11.3 Å². The maximum Gasteiger partial charge on any atom is 0.269 e. The molecule has 0 amide bonds. The highest BCUT2D eigenvalue weighted by Crippen LogP contribution is 2.35. The third-order valence-corrected chi connectivity index (χ3v) is 5.68. The Morgan fingerprint density at radius 2 is 2.00 bits per heavy atom. The van der Waals surface area contributed by atoms with Crippen LogP contribution in [0, 0.1) is 6.92 Å². The van der Waals surface area contributed by atoms with Crippen LogP contribution in [0.3, 0.4) is 0 Å². The lowest BCUT2D eigenvalue weighted by molar-refractivity contribution is 0.591. The average Bonchev–Trinajstić information content (AvgIpc) is 2.92. The zero-order valence-electron chi connectivity index (χ0n) is 11.4. The fraction of sp³-hybridized carbons (Fsp3) is 0.308. The van der Waals surface area contributed by atoms with Gasteiger partial charge in [0.1, 0.15) is 0 Å². The number of aryl methyl sites for hydroxylation is 1. The van der Waals surface area contributed by atoms with Crippen LogP contribution >= 0.6 is 0 Å². The molecule has 1 aliphatic rings. The third-order valence-electron chi connectivity index (χ3n) is 3.70. The lowest BCUT2D eigenvalue weighted by Crippen LogP contribution is -2.30. The first-order chi connectivity index (χ1) is 9.43. The molecule has 106 valence electrons. The van der Waals surface area contributed by atoms with Gasteiger partial charge >= 0.3 is 0 Å². The number of anilines is 2. The molecule has 3 rings (SSSR count). The van der Waals surface area contributed by atoms with E-state index in [2.05, 4.69) is 5.10 Å². The van der Waals surface area contributed by atoms with Gasteiger partial charge in [-0.2, -0.15) is 5.10 Å². The quantitative estimate of drug-likeness (QED) is 0.897. The summed E-state index contributed by atoms with van der Waals surface area (Å²) >= 11 is 0. The van der Waals surface area contributed by atoms with Crippen LogP contribution < -0.4 is 10.0 Å². The summed E-state index contributed by atoms with van der Waals surface area (Å²) < 4.78 is 28.6. The van der Waals surface area contributed by atoms with E-state index in [9.17, 15) is 8.42 Å². The van der Waals surface area contributed by atoms with Crippen molar-refractivity contribution in [3.8, 4) is 0 Å². The van der Waals surface area contributed by atoms with Crippen LogP contribution in [0.2, 0.25) is 0 Å². The lowest BCUT2D eigenvalue weighted by Gasteiger charge is -2.19. The van der Waals surface area contributed by atoms with Crippen molar-refractivity contribution in [2.45, 2.75) is 18.2 Å². The summed E-state index contributed by atoms with van der Waals surface area (Å²) in [4.78, 5) is 0.108. The van der Waals surface area contributed by atoms with Crippen molar-refractivity contribution in [3.05, 3.63) is 35.5 Å². The predicted molar refractivity (Wildman–Crippen MR) is 77.0 cm³/mol. The molecule has 0 saturated carbocycles. The Balaban J connectivity index is 2.15. The van der Waals surface area contributed by atoms with Gasteiger partial charge in [-0.25, -0.2) is 8.42 Å². The minimum atomic E-state index is -3.67. The number of nitrogens with two attached hydrogens (primary N) is 1. The number of nitrogen functional groups attached to an aromatic ring is 1.